The SMILES string of the molecule is CN=C(NCc1ccc(C)cc1OC)NCC(C)c1ccccc1OC.I. The van der Waals surface area contributed by atoms with Crippen LogP contribution in [0, 0.1) is 6.92 Å². The normalized spacial score (nSPS) is 12.0. The van der Waals surface area contributed by atoms with Crippen molar-refractivity contribution in [1.29, 1.82) is 0 Å². The molecule has 0 aromatic heterocycles. The highest BCUT2D eigenvalue weighted by atomic mass is 127. The number of rotatable bonds is 7. The fourth-order valence-electron chi connectivity index (χ4n) is 2.83. The molecule has 5 nitrogen and oxygen atoms in total. The molecule has 0 aliphatic heterocycles. The van der Waals surface area contributed by atoms with Crippen molar-refractivity contribution in [3.05, 3.63) is 59.2 Å². The number of aliphatic imine (C=N–C) groups is 1. The number of ether oxygens (including phenoxy) is 2. The van der Waals surface area contributed by atoms with E-state index in [1.807, 2.05) is 24.3 Å². The Hall–Kier alpha value is -1.96. The Kier molecular flexibility index (Phi) is 9.99. The number of benzene rings is 2. The van der Waals surface area contributed by atoms with Gasteiger partial charge in [-0.2, -0.15) is 0 Å². The molecular weight excluding hydrogens is 453 g/mol. The van der Waals surface area contributed by atoms with Crippen LogP contribution in [0.4, 0.5) is 0 Å². The van der Waals surface area contributed by atoms with E-state index in [0.29, 0.717) is 12.5 Å². The largest absolute Gasteiger partial charge is 0.496 e. The topological polar surface area (TPSA) is 54.9 Å². The number of para-hydroxylation sites is 1. The van der Waals surface area contributed by atoms with Gasteiger partial charge in [0.15, 0.2) is 5.96 Å². The molecule has 0 saturated carbocycles. The number of halogens is 1. The van der Waals surface area contributed by atoms with E-state index >= 15 is 0 Å². The first-order chi connectivity index (χ1) is 12.6. The summed E-state index contributed by atoms with van der Waals surface area (Å²) in [5.74, 6) is 2.84. The molecule has 2 rings (SSSR count). The number of methoxy groups -OCH3 is 2. The molecule has 0 spiro atoms. The average Bonchev–Trinajstić information content (AvgIpc) is 2.68. The summed E-state index contributed by atoms with van der Waals surface area (Å²) in [6.07, 6.45) is 0. The average molecular weight is 483 g/mol. The van der Waals surface area contributed by atoms with Gasteiger partial charge >= 0.3 is 0 Å². The quantitative estimate of drug-likeness (QED) is 0.354. The predicted molar refractivity (Wildman–Crippen MR) is 123 cm³/mol. The highest BCUT2D eigenvalue weighted by Gasteiger charge is 2.12. The van der Waals surface area contributed by atoms with E-state index in [4.69, 9.17) is 9.47 Å². The minimum absolute atomic E-state index is 0. The summed E-state index contributed by atoms with van der Waals surface area (Å²) in [6, 6.07) is 14.3. The zero-order valence-corrected chi connectivity index (χ0v) is 19.0. The third kappa shape index (κ3) is 6.61. The van der Waals surface area contributed by atoms with Gasteiger partial charge in [-0.15, -0.1) is 24.0 Å². The molecule has 2 aromatic carbocycles. The smallest absolute Gasteiger partial charge is 0.191 e. The third-order valence-electron chi connectivity index (χ3n) is 4.36. The van der Waals surface area contributed by atoms with Gasteiger partial charge in [0.05, 0.1) is 14.2 Å². The Labute approximate surface area is 179 Å². The molecule has 0 aliphatic carbocycles. The fraction of sp³-hybridized carbons (Fsp3) is 0.381. The molecule has 0 aliphatic rings. The molecule has 27 heavy (non-hydrogen) atoms. The lowest BCUT2D eigenvalue weighted by Gasteiger charge is -2.19. The van der Waals surface area contributed by atoms with Gasteiger partial charge in [-0.3, -0.25) is 4.99 Å². The maximum Gasteiger partial charge on any atom is 0.191 e. The van der Waals surface area contributed by atoms with Crippen molar-refractivity contribution in [3.63, 3.8) is 0 Å². The van der Waals surface area contributed by atoms with Crippen molar-refractivity contribution in [2.75, 3.05) is 27.8 Å². The molecule has 148 valence electrons. The van der Waals surface area contributed by atoms with E-state index in [9.17, 15) is 0 Å². The van der Waals surface area contributed by atoms with Crippen LogP contribution in [-0.4, -0.2) is 33.8 Å². The van der Waals surface area contributed by atoms with Crippen molar-refractivity contribution >= 4 is 29.9 Å². The Balaban J connectivity index is 0.00000364. The summed E-state index contributed by atoms with van der Waals surface area (Å²) < 4.78 is 10.9. The van der Waals surface area contributed by atoms with Gasteiger partial charge < -0.3 is 20.1 Å². The van der Waals surface area contributed by atoms with Crippen LogP contribution in [0.5, 0.6) is 11.5 Å². The predicted octanol–water partition coefficient (Wildman–Crippen LogP) is 4.10. The number of nitrogens with one attached hydrogen (secondary N) is 2. The maximum absolute atomic E-state index is 5.46. The third-order valence-corrected chi connectivity index (χ3v) is 4.36. The first-order valence-corrected chi connectivity index (χ1v) is 8.80. The first-order valence-electron chi connectivity index (χ1n) is 8.80. The zero-order chi connectivity index (χ0) is 18.9. The minimum atomic E-state index is 0. The summed E-state index contributed by atoms with van der Waals surface area (Å²) >= 11 is 0. The van der Waals surface area contributed by atoms with Gasteiger partial charge in [-0.1, -0.05) is 37.3 Å². The Morgan fingerprint density at radius 1 is 1.04 bits per heavy atom. The van der Waals surface area contributed by atoms with E-state index in [2.05, 4.69) is 47.7 Å². The lowest BCUT2D eigenvalue weighted by atomic mass is 10.0. The molecule has 1 unspecified atom stereocenters. The van der Waals surface area contributed by atoms with Gasteiger partial charge in [0.25, 0.3) is 0 Å². The summed E-state index contributed by atoms with van der Waals surface area (Å²) in [4.78, 5) is 4.31. The van der Waals surface area contributed by atoms with Gasteiger partial charge in [0.2, 0.25) is 0 Å². The Morgan fingerprint density at radius 2 is 1.74 bits per heavy atom. The number of hydrogen-bond donors (Lipinski definition) is 2. The molecule has 1 atom stereocenters. The Bertz CT molecular complexity index is 750. The van der Waals surface area contributed by atoms with Crippen molar-refractivity contribution in [2.45, 2.75) is 26.3 Å². The summed E-state index contributed by atoms with van der Waals surface area (Å²) in [7, 11) is 5.17. The molecule has 0 fully saturated rings. The first kappa shape index (κ1) is 23.1. The van der Waals surface area contributed by atoms with Gasteiger partial charge in [0, 0.05) is 31.6 Å². The number of nitrogens with zero attached hydrogens (tertiary/aromatic N) is 1. The molecule has 0 amide bonds. The van der Waals surface area contributed by atoms with Gasteiger partial charge in [-0.25, -0.2) is 0 Å². The molecule has 0 radical (unpaired) electrons. The molecule has 2 aromatic rings. The summed E-state index contributed by atoms with van der Waals surface area (Å²) in [5.41, 5.74) is 3.45. The maximum atomic E-state index is 5.46. The van der Waals surface area contributed by atoms with Crippen LogP contribution in [0.2, 0.25) is 0 Å². The second-order valence-electron chi connectivity index (χ2n) is 6.26. The van der Waals surface area contributed by atoms with Gasteiger partial charge in [-0.05, 0) is 30.2 Å². The monoisotopic (exact) mass is 483 g/mol. The van der Waals surface area contributed by atoms with Crippen molar-refractivity contribution in [2.24, 2.45) is 4.99 Å². The highest BCUT2D eigenvalue weighted by molar-refractivity contribution is 14.0. The minimum Gasteiger partial charge on any atom is -0.496 e. The molecule has 0 saturated heterocycles. The molecule has 0 heterocycles. The second-order valence-corrected chi connectivity index (χ2v) is 6.26. The van der Waals surface area contributed by atoms with E-state index in [-0.39, 0.29) is 24.0 Å². The second kappa shape index (κ2) is 11.7. The molecular formula is C21H30IN3O2. The standard InChI is InChI=1S/C21H29N3O2.HI/c1-15-10-11-17(20(12-15)26-5)14-24-21(22-3)23-13-16(2)18-8-6-7-9-19(18)25-4;/h6-12,16H,13-14H2,1-5H3,(H2,22,23,24);1H. The van der Waals surface area contributed by atoms with Crippen molar-refractivity contribution in [1.82, 2.24) is 10.6 Å². The number of hydrogen-bond acceptors (Lipinski definition) is 3. The van der Waals surface area contributed by atoms with Crippen molar-refractivity contribution < 1.29 is 9.47 Å². The van der Waals surface area contributed by atoms with Crippen LogP contribution in [0.1, 0.15) is 29.5 Å². The van der Waals surface area contributed by atoms with Crippen LogP contribution in [-0.2, 0) is 6.54 Å². The Morgan fingerprint density at radius 3 is 2.41 bits per heavy atom. The van der Waals surface area contributed by atoms with Crippen LogP contribution in [0.15, 0.2) is 47.5 Å². The molecule has 2 N–H and O–H groups in total. The van der Waals surface area contributed by atoms with Gasteiger partial charge in [0.1, 0.15) is 11.5 Å². The zero-order valence-electron chi connectivity index (χ0n) is 16.7. The number of aryl methyl sites for hydroxylation is 1. The summed E-state index contributed by atoms with van der Waals surface area (Å²) in [6.45, 7) is 5.62. The number of guanidine groups is 1. The van der Waals surface area contributed by atoms with E-state index in [0.717, 1.165) is 29.6 Å². The van der Waals surface area contributed by atoms with E-state index in [1.165, 1.54) is 11.1 Å². The van der Waals surface area contributed by atoms with Crippen LogP contribution in [0.3, 0.4) is 0 Å². The van der Waals surface area contributed by atoms with Crippen LogP contribution < -0.4 is 20.1 Å². The van der Waals surface area contributed by atoms with Crippen molar-refractivity contribution in [3.8, 4) is 11.5 Å². The van der Waals surface area contributed by atoms with Crippen LogP contribution >= 0.6 is 24.0 Å². The highest BCUT2D eigenvalue weighted by Crippen LogP contribution is 2.25. The van der Waals surface area contributed by atoms with E-state index in [1.54, 1.807) is 21.3 Å². The van der Waals surface area contributed by atoms with E-state index < -0.39 is 0 Å². The lowest BCUT2D eigenvalue weighted by Crippen LogP contribution is -2.38. The molecule has 6 heteroatoms. The van der Waals surface area contributed by atoms with Crippen LogP contribution in [0.25, 0.3) is 0 Å². The summed E-state index contributed by atoms with van der Waals surface area (Å²) in [5, 5.41) is 6.72. The molecule has 0 bridgehead atoms. The fourth-order valence-corrected chi connectivity index (χ4v) is 2.83. The lowest BCUT2D eigenvalue weighted by molar-refractivity contribution is 0.406.